The van der Waals surface area contributed by atoms with Gasteiger partial charge in [0.25, 0.3) is 0 Å². The topological polar surface area (TPSA) is 34.1 Å². The van der Waals surface area contributed by atoms with Crippen LogP contribution in [0.25, 0.3) is 0 Å². The lowest BCUT2D eigenvalue weighted by atomic mass is 10.2. The summed E-state index contributed by atoms with van der Waals surface area (Å²) >= 11 is 1.61. The quantitative estimate of drug-likeness (QED) is 0.537. The van der Waals surface area contributed by atoms with Gasteiger partial charge in [0.15, 0.2) is 0 Å². The molecule has 0 aliphatic rings. The Morgan fingerprint density at radius 1 is 1.67 bits per heavy atom. The van der Waals surface area contributed by atoms with E-state index in [2.05, 4.69) is 0 Å². The summed E-state index contributed by atoms with van der Waals surface area (Å²) in [5.41, 5.74) is 0. The average Bonchev–Trinajstić information content (AvgIpc) is 1.85. The van der Waals surface area contributed by atoms with Crippen molar-refractivity contribution in [2.45, 2.75) is 12.8 Å². The van der Waals surface area contributed by atoms with E-state index in [-0.39, 0.29) is 12.2 Å². The molecular formula is C6H9O2S. The second-order valence-electron chi connectivity index (χ2n) is 1.60. The molecule has 0 aliphatic heterocycles. The summed E-state index contributed by atoms with van der Waals surface area (Å²) in [4.78, 5) is 20.2. The van der Waals surface area contributed by atoms with Crippen molar-refractivity contribution < 1.29 is 9.59 Å². The lowest BCUT2D eigenvalue weighted by Crippen LogP contribution is -1.98. The molecule has 0 aliphatic carbocycles. The van der Waals surface area contributed by atoms with Crippen LogP contribution in [0, 0.1) is 0 Å². The van der Waals surface area contributed by atoms with Gasteiger partial charge < -0.3 is 0 Å². The van der Waals surface area contributed by atoms with E-state index in [1.54, 1.807) is 18.0 Å². The van der Waals surface area contributed by atoms with Crippen LogP contribution in [-0.4, -0.2) is 24.1 Å². The molecule has 2 nitrogen and oxygen atoms in total. The van der Waals surface area contributed by atoms with Crippen molar-refractivity contribution in [2.75, 3.05) is 12.0 Å². The van der Waals surface area contributed by atoms with Gasteiger partial charge in [0.1, 0.15) is 5.78 Å². The number of Topliss-reactive ketones (excluding diaryl/α,β-unsaturated/α-hetero) is 1. The lowest BCUT2D eigenvalue weighted by Gasteiger charge is -1.90. The van der Waals surface area contributed by atoms with Gasteiger partial charge in [-0.25, -0.2) is 0 Å². The SMILES string of the molecule is CSCCC(=O)C[C]=O. The van der Waals surface area contributed by atoms with Gasteiger partial charge in [-0.05, 0) is 12.0 Å². The maximum atomic E-state index is 10.5. The summed E-state index contributed by atoms with van der Waals surface area (Å²) < 4.78 is 0. The Labute approximate surface area is 59.0 Å². The predicted molar refractivity (Wildman–Crippen MR) is 38.3 cm³/mol. The zero-order chi connectivity index (χ0) is 7.11. The first-order chi connectivity index (χ1) is 4.31. The van der Waals surface area contributed by atoms with Crippen LogP contribution in [0.3, 0.4) is 0 Å². The van der Waals surface area contributed by atoms with Crippen LogP contribution in [-0.2, 0) is 9.59 Å². The number of carbonyl (C=O) groups excluding carboxylic acids is 2. The van der Waals surface area contributed by atoms with Crippen molar-refractivity contribution in [3.8, 4) is 0 Å². The number of carbonyl (C=O) groups is 1. The molecule has 0 saturated heterocycles. The first-order valence-corrected chi connectivity index (χ1v) is 4.06. The first-order valence-electron chi connectivity index (χ1n) is 2.67. The molecule has 1 radical (unpaired) electrons. The minimum Gasteiger partial charge on any atom is -0.299 e. The van der Waals surface area contributed by atoms with Crippen LogP contribution >= 0.6 is 11.8 Å². The number of hydrogen-bond acceptors (Lipinski definition) is 3. The highest BCUT2D eigenvalue weighted by Crippen LogP contribution is 1.96. The summed E-state index contributed by atoms with van der Waals surface area (Å²) in [6.45, 7) is 0. The fraction of sp³-hybridized carbons (Fsp3) is 0.667. The minimum absolute atomic E-state index is 0.0145. The van der Waals surface area contributed by atoms with Crippen LogP contribution in [0.4, 0.5) is 0 Å². The second kappa shape index (κ2) is 5.82. The predicted octanol–water partition coefficient (Wildman–Crippen LogP) is 0.808. The number of ketones is 1. The lowest BCUT2D eigenvalue weighted by molar-refractivity contribution is -0.117. The molecule has 0 unspecified atom stereocenters. The fourth-order valence-electron chi connectivity index (χ4n) is 0.385. The third kappa shape index (κ3) is 5.56. The van der Waals surface area contributed by atoms with E-state index >= 15 is 0 Å². The molecule has 0 rings (SSSR count). The van der Waals surface area contributed by atoms with Crippen LogP contribution in [0.1, 0.15) is 12.8 Å². The Morgan fingerprint density at radius 2 is 2.33 bits per heavy atom. The summed E-state index contributed by atoms with van der Waals surface area (Å²) in [6.07, 6.45) is 3.95. The number of thioether (sulfide) groups is 1. The maximum absolute atomic E-state index is 10.5. The van der Waals surface area contributed by atoms with Gasteiger partial charge in [-0.15, -0.1) is 0 Å². The van der Waals surface area contributed by atoms with E-state index in [1.165, 1.54) is 0 Å². The third-order valence-corrected chi connectivity index (χ3v) is 1.47. The van der Waals surface area contributed by atoms with E-state index in [0.29, 0.717) is 6.42 Å². The first kappa shape index (κ1) is 8.69. The molecule has 0 fully saturated rings. The molecule has 0 bridgehead atoms. The molecule has 0 aromatic heterocycles. The van der Waals surface area contributed by atoms with Crippen molar-refractivity contribution >= 4 is 23.8 Å². The van der Waals surface area contributed by atoms with Crippen molar-refractivity contribution in [3.05, 3.63) is 0 Å². The Kier molecular flexibility index (Phi) is 5.62. The molecule has 0 aromatic rings. The zero-order valence-corrected chi connectivity index (χ0v) is 6.16. The number of hydrogen-bond donors (Lipinski definition) is 0. The van der Waals surface area contributed by atoms with Crippen molar-refractivity contribution in [3.63, 3.8) is 0 Å². The van der Waals surface area contributed by atoms with Gasteiger partial charge in [-0.2, -0.15) is 11.8 Å². The molecule has 0 N–H and O–H groups in total. The molecule has 0 aromatic carbocycles. The zero-order valence-electron chi connectivity index (χ0n) is 5.35. The Hall–Kier alpha value is -0.310. The molecule has 0 atom stereocenters. The van der Waals surface area contributed by atoms with Crippen LogP contribution in [0.15, 0.2) is 0 Å². The van der Waals surface area contributed by atoms with Gasteiger partial charge >= 0.3 is 0 Å². The van der Waals surface area contributed by atoms with Gasteiger partial charge in [-0.3, -0.25) is 9.59 Å². The summed E-state index contributed by atoms with van der Waals surface area (Å²) in [5.74, 6) is 0.792. The van der Waals surface area contributed by atoms with Crippen molar-refractivity contribution in [2.24, 2.45) is 0 Å². The smallest absolute Gasteiger partial charge is 0.206 e. The minimum atomic E-state index is -0.0411. The molecule has 51 valence electrons. The monoisotopic (exact) mass is 145 g/mol. The van der Waals surface area contributed by atoms with Crippen molar-refractivity contribution in [1.29, 1.82) is 0 Å². The summed E-state index contributed by atoms with van der Waals surface area (Å²) in [5, 5.41) is 0. The Balaban J connectivity index is 3.16. The van der Waals surface area contributed by atoms with Crippen LogP contribution < -0.4 is 0 Å². The second-order valence-corrected chi connectivity index (χ2v) is 2.59. The fourth-order valence-corrected chi connectivity index (χ4v) is 0.817. The highest BCUT2D eigenvalue weighted by Gasteiger charge is 1.98. The summed E-state index contributed by atoms with van der Waals surface area (Å²) in [7, 11) is 0. The highest BCUT2D eigenvalue weighted by molar-refractivity contribution is 7.98. The maximum Gasteiger partial charge on any atom is 0.206 e. The molecular weight excluding hydrogens is 136 g/mol. The van der Waals surface area contributed by atoms with Gasteiger partial charge in [-0.1, -0.05) is 0 Å². The normalized spacial score (nSPS) is 9.00. The van der Waals surface area contributed by atoms with E-state index in [9.17, 15) is 9.59 Å². The van der Waals surface area contributed by atoms with E-state index in [0.717, 1.165) is 5.75 Å². The molecule has 9 heavy (non-hydrogen) atoms. The largest absolute Gasteiger partial charge is 0.299 e. The van der Waals surface area contributed by atoms with E-state index in [1.807, 2.05) is 6.26 Å². The van der Waals surface area contributed by atoms with Gasteiger partial charge in [0.05, 0.1) is 6.42 Å². The molecule has 3 heteroatoms. The summed E-state index contributed by atoms with van der Waals surface area (Å²) in [6, 6.07) is 0. The molecule has 0 heterocycles. The highest BCUT2D eigenvalue weighted by atomic mass is 32.2. The molecule has 0 saturated carbocycles. The van der Waals surface area contributed by atoms with Gasteiger partial charge in [0.2, 0.25) is 6.29 Å². The third-order valence-electron chi connectivity index (χ3n) is 0.854. The standard InChI is InChI=1S/C6H9O2S/c1-9-5-3-6(8)2-4-7/h2-3,5H2,1H3. The van der Waals surface area contributed by atoms with Crippen LogP contribution in [0.2, 0.25) is 0 Å². The van der Waals surface area contributed by atoms with Crippen molar-refractivity contribution in [1.82, 2.24) is 0 Å². The average molecular weight is 145 g/mol. The molecule has 0 spiro atoms. The van der Waals surface area contributed by atoms with E-state index in [4.69, 9.17) is 0 Å². The Morgan fingerprint density at radius 3 is 2.78 bits per heavy atom. The Bertz CT molecular complexity index is 101. The number of rotatable bonds is 5. The van der Waals surface area contributed by atoms with Gasteiger partial charge in [0, 0.05) is 6.42 Å². The molecule has 0 amide bonds. The van der Waals surface area contributed by atoms with E-state index < -0.39 is 0 Å². The van der Waals surface area contributed by atoms with Crippen LogP contribution in [0.5, 0.6) is 0 Å².